The Balaban J connectivity index is 1.35. The lowest BCUT2D eigenvalue weighted by molar-refractivity contribution is -0.121. The second-order valence-corrected chi connectivity index (χ2v) is 7.12. The maximum absolute atomic E-state index is 12.3. The first-order chi connectivity index (χ1) is 13.5. The van der Waals surface area contributed by atoms with Crippen LogP contribution in [0.2, 0.25) is 0 Å². The molecule has 1 unspecified atom stereocenters. The molecule has 3 amide bonds. The zero-order valence-electron chi connectivity index (χ0n) is 15.5. The molecular weight excluding hydrogens is 358 g/mol. The average molecular weight is 379 g/mol. The smallest absolute Gasteiger partial charge is 0.262 e. The van der Waals surface area contributed by atoms with Crippen molar-refractivity contribution < 1.29 is 19.5 Å². The van der Waals surface area contributed by atoms with E-state index in [9.17, 15) is 19.5 Å². The van der Waals surface area contributed by atoms with Gasteiger partial charge < -0.3 is 15.3 Å². The van der Waals surface area contributed by atoms with Gasteiger partial charge in [-0.25, -0.2) is 0 Å². The molecule has 4 rings (SSSR count). The topological polar surface area (TPSA) is 89.9 Å². The fourth-order valence-electron chi connectivity index (χ4n) is 3.70. The third-order valence-electron chi connectivity index (χ3n) is 5.29. The number of likely N-dealkylation sites (N-methyl/N-ethyl adjacent to an activating group) is 1. The van der Waals surface area contributed by atoms with Crippen molar-refractivity contribution in [2.45, 2.75) is 12.5 Å². The molecule has 2 heterocycles. The molecule has 2 aromatic rings. The number of carbonyl (C=O) groups excluding carboxylic acids is 3. The summed E-state index contributed by atoms with van der Waals surface area (Å²) in [7, 11) is 2.03. The fraction of sp³-hybridized carbons (Fsp3) is 0.286. The van der Waals surface area contributed by atoms with Gasteiger partial charge in [-0.1, -0.05) is 24.3 Å². The summed E-state index contributed by atoms with van der Waals surface area (Å²) in [5, 5.41) is 13.0. The molecule has 2 N–H and O–H groups in total. The molecule has 0 bridgehead atoms. The van der Waals surface area contributed by atoms with Gasteiger partial charge in [-0.05, 0) is 35.7 Å². The number of fused-ring (bicyclic) bond motifs is 2. The Kier molecular flexibility index (Phi) is 4.60. The number of imide groups is 1. The van der Waals surface area contributed by atoms with E-state index in [1.54, 1.807) is 24.3 Å². The van der Waals surface area contributed by atoms with E-state index in [0.717, 1.165) is 29.1 Å². The highest BCUT2D eigenvalue weighted by atomic mass is 16.3. The molecule has 0 fully saturated rings. The fourth-order valence-corrected chi connectivity index (χ4v) is 3.70. The van der Waals surface area contributed by atoms with Crippen molar-refractivity contribution in [3.05, 3.63) is 64.7 Å². The largest absolute Gasteiger partial charge is 0.387 e. The molecule has 0 radical (unpaired) electrons. The highest BCUT2D eigenvalue weighted by Gasteiger charge is 2.36. The first-order valence-electron chi connectivity index (χ1n) is 9.19. The minimum absolute atomic E-state index is 0.0105. The monoisotopic (exact) mass is 379 g/mol. The zero-order valence-corrected chi connectivity index (χ0v) is 15.5. The number of benzene rings is 2. The van der Waals surface area contributed by atoms with Gasteiger partial charge in [0.15, 0.2) is 0 Å². The number of amides is 3. The van der Waals surface area contributed by atoms with Crippen molar-refractivity contribution in [3.63, 3.8) is 0 Å². The SMILES string of the molecule is CN1CCc2cc(C(O)CNC(=O)CN3C(=O)c4ccccc4C3=O)ccc21. The number of hydrogen-bond acceptors (Lipinski definition) is 5. The Labute approximate surface area is 162 Å². The van der Waals surface area contributed by atoms with E-state index in [-0.39, 0.29) is 13.1 Å². The lowest BCUT2D eigenvalue weighted by Crippen LogP contribution is -2.41. The number of carbonyl (C=O) groups is 3. The van der Waals surface area contributed by atoms with Gasteiger partial charge in [-0.3, -0.25) is 19.3 Å². The molecule has 7 heteroatoms. The lowest BCUT2D eigenvalue weighted by Gasteiger charge is -2.17. The highest BCUT2D eigenvalue weighted by Crippen LogP contribution is 2.29. The Morgan fingerprint density at radius 3 is 2.50 bits per heavy atom. The van der Waals surface area contributed by atoms with Gasteiger partial charge in [-0.15, -0.1) is 0 Å². The van der Waals surface area contributed by atoms with Crippen molar-refractivity contribution in [3.8, 4) is 0 Å². The van der Waals surface area contributed by atoms with Gasteiger partial charge in [0, 0.05) is 25.8 Å². The van der Waals surface area contributed by atoms with Crippen LogP contribution in [-0.4, -0.2) is 54.4 Å². The van der Waals surface area contributed by atoms with Crippen molar-refractivity contribution in [1.29, 1.82) is 0 Å². The second kappa shape index (κ2) is 7.09. The molecule has 2 aliphatic rings. The van der Waals surface area contributed by atoms with Crippen LogP contribution in [0.5, 0.6) is 0 Å². The number of hydrogen-bond donors (Lipinski definition) is 2. The number of aliphatic hydroxyl groups excluding tert-OH is 1. The summed E-state index contributed by atoms with van der Waals surface area (Å²) in [6.45, 7) is 0.594. The van der Waals surface area contributed by atoms with Crippen LogP contribution in [-0.2, 0) is 11.2 Å². The van der Waals surface area contributed by atoms with Crippen molar-refractivity contribution in [2.75, 3.05) is 31.6 Å². The molecule has 0 aliphatic carbocycles. The molecule has 2 aliphatic heterocycles. The van der Waals surface area contributed by atoms with Crippen LogP contribution in [0.4, 0.5) is 5.69 Å². The quantitative estimate of drug-likeness (QED) is 0.760. The predicted octanol–water partition coefficient (Wildman–Crippen LogP) is 1.12. The van der Waals surface area contributed by atoms with E-state index in [0.29, 0.717) is 11.1 Å². The average Bonchev–Trinajstić information content (AvgIpc) is 3.19. The molecular formula is C21H21N3O4. The Bertz CT molecular complexity index is 937. The van der Waals surface area contributed by atoms with Gasteiger partial charge in [0.25, 0.3) is 11.8 Å². The zero-order chi connectivity index (χ0) is 19.8. The van der Waals surface area contributed by atoms with Crippen LogP contribution in [0.25, 0.3) is 0 Å². The molecule has 0 saturated heterocycles. The van der Waals surface area contributed by atoms with E-state index in [1.165, 1.54) is 5.56 Å². The van der Waals surface area contributed by atoms with Crippen LogP contribution in [0, 0.1) is 0 Å². The number of rotatable bonds is 5. The van der Waals surface area contributed by atoms with Crippen LogP contribution in [0.15, 0.2) is 42.5 Å². The molecule has 2 aromatic carbocycles. The summed E-state index contributed by atoms with van der Waals surface area (Å²) < 4.78 is 0. The van der Waals surface area contributed by atoms with E-state index in [2.05, 4.69) is 10.2 Å². The minimum atomic E-state index is -0.859. The summed E-state index contributed by atoms with van der Waals surface area (Å²) in [5.41, 5.74) is 3.68. The normalized spacial score (nSPS) is 16.2. The molecule has 7 nitrogen and oxygen atoms in total. The van der Waals surface area contributed by atoms with Crippen LogP contribution in [0.3, 0.4) is 0 Å². The van der Waals surface area contributed by atoms with Gasteiger partial charge in [0.2, 0.25) is 5.91 Å². The Morgan fingerprint density at radius 1 is 1.14 bits per heavy atom. The summed E-state index contributed by atoms with van der Waals surface area (Å²) in [6.07, 6.45) is 0.0701. The van der Waals surface area contributed by atoms with Gasteiger partial charge in [0.1, 0.15) is 6.54 Å². The third-order valence-corrected chi connectivity index (χ3v) is 5.29. The molecule has 0 aromatic heterocycles. The van der Waals surface area contributed by atoms with E-state index < -0.39 is 23.8 Å². The van der Waals surface area contributed by atoms with Gasteiger partial charge in [-0.2, -0.15) is 0 Å². The minimum Gasteiger partial charge on any atom is -0.387 e. The van der Waals surface area contributed by atoms with Crippen LogP contribution in [0.1, 0.15) is 37.9 Å². The molecule has 0 spiro atoms. The third kappa shape index (κ3) is 3.14. The van der Waals surface area contributed by atoms with E-state index in [4.69, 9.17) is 0 Å². The number of anilines is 1. The standard InChI is InChI=1S/C21H21N3O4/c1-23-9-8-13-10-14(6-7-17(13)23)18(25)11-22-19(26)12-24-20(27)15-4-2-3-5-16(15)21(24)28/h2-7,10,18,25H,8-9,11-12H2,1H3,(H,22,26). The van der Waals surface area contributed by atoms with E-state index >= 15 is 0 Å². The number of nitrogens with zero attached hydrogens (tertiary/aromatic N) is 2. The highest BCUT2D eigenvalue weighted by molar-refractivity contribution is 6.22. The van der Waals surface area contributed by atoms with E-state index in [1.807, 2.05) is 25.2 Å². The molecule has 1 atom stereocenters. The second-order valence-electron chi connectivity index (χ2n) is 7.12. The molecule has 0 saturated carbocycles. The first-order valence-corrected chi connectivity index (χ1v) is 9.19. The summed E-state index contributed by atoms with van der Waals surface area (Å²) in [5.74, 6) is -1.44. The van der Waals surface area contributed by atoms with Crippen LogP contribution < -0.4 is 10.2 Å². The first kappa shape index (κ1) is 18.2. The number of aliphatic hydroxyl groups is 1. The summed E-state index contributed by atoms with van der Waals surface area (Å²) >= 11 is 0. The molecule has 144 valence electrons. The summed E-state index contributed by atoms with van der Waals surface area (Å²) in [4.78, 5) is 39.9. The maximum Gasteiger partial charge on any atom is 0.262 e. The Morgan fingerprint density at radius 2 is 1.82 bits per heavy atom. The summed E-state index contributed by atoms with van der Waals surface area (Å²) in [6, 6.07) is 12.3. The maximum atomic E-state index is 12.3. The lowest BCUT2D eigenvalue weighted by atomic mass is 10.0. The Hall–Kier alpha value is -3.19. The number of nitrogens with one attached hydrogen (secondary N) is 1. The van der Waals surface area contributed by atoms with Gasteiger partial charge in [0.05, 0.1) is 17.2 Å². The molecule has 28 heavy (non-hydrogen) atoms. The van der Waals surface area contributed by atoms with Crippen molar-refractivity contribution in [1.82, 2.24) is 10.2 Å². The van der Waals surface area contributed by atoms with Crippen LogP contribution >= 0.6 is 0 Å². The predicted molar refractivity (Wildman–Crippen MR) is 103 cm³/mol. The van der Waals surface area contributed by atoms with Crippen molar-refractivity contribution in [2.24, 2.45) is 0 Å². The van der Waals surface area contributed by atoms with Crippen molar-refractivity contribution >= 4 is 23.4 Å². The van der Waals surface area contributed by atoms with Gasteiger partial charge >= 0.3 is 0 Å².